The van der Waals surface area contributed by atoms with E-state index in [0.29, 0.717) is 16.9 Å². The van der Waals surface area contributed by atoms with E-state index in [0.717, 1.165) is 0 Å². The molecule has 0 unspecified atom stereocenters. The minimum atomic E-state index is -0.489. The van der Waals surface area contributed by atoms with E-state index in [-0.39, 0.29) is 12.4 Å². The number of nitrogens with zero attached hydrogens (tertiary/aromatic N) is 1. The van der Waals surface area contributed by atoms with Crippen molar-refractivity contribution < 1.29 is 18.7 Å². The zero-order valence-corrected chi connectivity index (χ0v) is 13.0. The molecule has 124 valence electrons. The van der Waals surface area contributed by atoms with Crippen molar-refractivity contribution in [3.8, 4) is 5.75 Å². The first kappa shape index (κ1) is 17.1. The predicted octanol–water partition coefficient (Wildman–Crippen LogP) is 1.71. The SMILES string of the molecule is COc1ccccc1C(=O)NCC(=O)NN=Cc1ccc(F)cc1. The van der Waals surface area contributed by atoms with Crippen molar-refractivity contribution in [3.05, 3.63) is 65.5 Å². The largest absolute Gasteiger partial charge is 0.496 e. The van der Waals surface area contributed by atoms with Gasteiger partial charge in [-0.25, -0.2) is 9.82 Å². The zero-order valence-electron chi connectivity index (χ0n) is 13.0. The van der Waals surface area contributed by atoms with Crippen molar-refractivity contribution in [1.82, 2.24) is 10.7 Å². The van der Waals surface area contributed by atoms with Crippen molar-refractivity contribution in [2.45, 2.75) is 0 Å². The highest BCUT2D eigenvalue weighted by molar-refractivity contribution is 5.98. The number of halogens is 1. The summed E-state index contributed by atoms with van der Waals surface area (Å²) in [6.07, 6.45) is 1.37. The Morgan fingerprint density at radius 3 is 2.58 bits per heavy atom. The number of rotatable bonds is 6. The number of amides is 2. The van der Waals surface area contributed by atoms with Crippen molar-refractivity contribution in [2.75, 3.05) is 13.7 Å². The highest BCUT2D eigenvalue weighted by atomic mass is 19.1. The number of nitrogens with one attached hydrogen (secondary N) is 2. The molecule has 2 aromatic rings. The summed E-state index contributed by atoms with van der Waals surface area (Å²) in [7, 11) is 1.46. The third-order valence-electron chi connectivity index (χ3n) is 3.03. The maximum atomic E-state index is 12.7. The molecule has 0 heterocycles. The van der Waals surface area contributed by atoms with Crippen molar-refractivity contribution in [2.24, 2.45) is 5.10 Å². The van der Waals surface area contributed by atoms with Crippen molar-refractivity contribution in [3.63, 3.8) is 0 Å². The molecule has 7 heteroatoms. The fraction of sp³-hybridized carbons (Fsp3) is 0.118. The lowest BCUT2D eigenvalue weighted by Crippen LogP contribution is -2.35. The van der Waals surface area contributed by atoms with Gasteiger partial charge in [-0.05, 0) is 29.8 Å². The summed E-state index contributed by atoms with van der Waals surface area (Å²) in [5.74, 6) is -0.846. The normalized spacial score (nSPS) is 10.4. The van der Waals surface area contributed by atoms with Gasteiger partial charge in [0.05, 0.1) is 25.4 Å². The molecule has 0 aliphatic heterocycles. The first-order chi connectivity index (χ1) is 11.6. The molecule has 0 aromatic heterocycles. The van der Waals surface area contributed by atoms with Crippen LogP contribution in [0.4, 0.5) is 4.39 Å². The van der Waals surface area contributed by atoms with Gasteiger partial charge in [-0.15, -0.1) is 0 Å². The molecule has 2 aromatic carbocycles. The Balaban J connectivity index is 1.82. The quantitative estimate of drug-likeness (QED) is 0.625. The smallest absolute Gasteiger partial charge is 0.259 e. The Hall–Kier alpha value is -3.22. The molecule has 0 fully saturated rings. The second-order valence-electron chi connectivity index (χ2n) is 4.73. The summed E-state index contributed by atoms with van der Waals surface area (Å²) >= 11 is 0. The predicted molar refractivity (Wildman–Crippen MR) is 87.5 cm³/mol. The molecule has 24 heavy (non-hydrogen) atoms. The number of ether oxygens (including phenoxy) is 1. The first-order valence-electron chi connectivity index (χ1n) is 7.09. The maximum absolute atomic E-state index is 12.7. The number of methoxy groups -OCH3 is 1. The fourth-order valence-electron chi connectivity index (χ4n) is 1.86. The van der Waals surface area contributed by atoms with Gasteiger partial charge in [0.15, 0.2) is 0 Å². The van der Waals surface area contributed by atoms with Crippen LogP contribution in [0.5, 0.6) is 5.75 Å². The molecule has 2 amide bonds. The van der Waals surface area contributed by atoms with Crippen LogP contribution in [-0.2, 0) is 4.79 Å². The van der Waals surface area contributed by atoms with Crippen LogP contribution in [0.3, 0.4) is 0 Å². The van der Waals surface area contributed by atoms with Crippen LogP contribution in [0.25, 0.3) is 0 Å². The second kappa shape index (κ2) is 8.42. The van der Waals surface area contributed by atoms with Crippen LogP contribution in [0.1, 0.15) is 15.9 Å². The zero-order chi connectivity index (χ0) is 17.4. The lowest BCUT2D eigenvalue weighted by atomic mass is 10.2. The molecule has 6 nitrogen and oxygen atoms in total. The van der Waals surface area contributed by atoms with Gasteiger partial charge in [0.25, 0.3) is 11.8 Å². The molecular weight excluding hydrogens is 313 g/mol. The van der Waals surface area contributed by atoms with E-state index in [9.17, 15) is 14.0 Å². The van der Waals surface area contributed by atoms with Crippen LogP contribution < -0.4 is 15.5 Å². The van der Waals surface area contributed by atoms with E-state index in [4.69, 9.17) is 4.74 Å². The molecule has 0 atom stereocenters. The molecule has 2 rings (SSSR count). The van der Waals surface area contributed by atoms with Crippen molar-refractivity contribution >= 4 is 18.0 Å². The Morgan fingerprint density at radius 1 is 1.17 bits per heavy atom. The third kappa shape index (κ3) is 4.91. The molecule has 0 radical (unpaired) electrons. The molecular formula is C17H16FN3O3. The molecule has 0 saturated carbocycles. The summed E-state index contributed by atoms with van der Waals surface area (Å²) < 4.78 is 17.8. The van der Waals surface area contributed by atoms with Gasteiger partial charge < -0.3 is 10.1 Å². The van der Waals surface area contributed by atoms with Crippen molar-refractivity contribution in [1.29, 1.82) is 0 Å². The maximum Gasteiger partial charge on any atom is 0.259 e. The number of hydrogen-bond donors (Lipinski definition) is 2. The minimum Gasteiger partial charge on any atom is -0.496 e. The number of carbonyl (C=O) groups is 2. The highest BCUT2D eigenvalue weighted by Gasteiger charge is 2.12. The number of hydrazone groups is 1. The summed E-state index contributed by atoms with van der Waals surface area (Å²) in [5, 5.41) is 6.21. The van der Waals surface area contributed by atoms with Crippen LogP contribution in [0.2, 0.25) is 0 Å². The number of hydrogen-bond acceptors (Lipinski definition) is 4. The average molecular weight is 329 g/mol. The van der Waals surface area contributed by atoms with E-state index in [1.165, 1.54) is 37.6 Å². The Morgan fingerprint density at radius 2 is 1.88 bits per heavy atom. The van der Waals surface area contributed by atoms with Gasteiger partial charge in [-0.3, -0.25) is 9.59 Å². The molecule has 0 saturated heterocycles. The minimum absolute atomic E-state index is 0.238. The topological polar surface area (TPSA) is 79.8 Å². The van der Waals surface area contributed by atoms with Gasteiger partial charge in [0, 0.05) is 0 Å². The summed E-state index contributed by atoms with van der Waals surface area (Å²) in [5.41, 5.74) is 3.24. The number of para-hydroxylation sites is 1. The Kier molecular flexibility index (Phi) is 6.01. The molecule has 0 aliphatic rings. The summed E-state index contributed by atoms with van der Waals surface area (Å²) in [6.45, 7) is -0.238. The standard InChI is InChI=1S/C17H16FN3O3/c1-24-15-5-3-2-4-14(15)17(23)19-11-16(22)21-20-10-12-6-8-13(18)9-7-12/h2-10H,11H2,1H3,(H,19,23)(H,21,22). The molecule has 0 aliphatic carbocycles. The lowest BCUT2D eigenvalue weighted by molar-refractivity contribution is -0.120. The Bertz CT molecular complexity index is 745. The van der Waals surface area contributed by atoms with Crippen LogP contribution in [0.15, 0.2) is 53.6 Å². The van der Waals surface area contributed by atoms with Crippen LogP contribution in [0, 0.1) is 5.82 Å². The third-order valence-corrected chi connectivity index (χ3v) is 3.03. The second-order valence-corrected chi connectivity index (χ2v) is 4.73. The van der Waals surface area contributed by atoms with Crippen LogP contribution in [-0.4, -0.2) is 31.7 Å². The average Bonchev–Trinajstić information content (AvgIpc) is 2.61. The van der Waals surface area contributed by atoms with Gasteiger partial charge in [-0.1, -0.05) is 24.3 Å². The van der Waals surface area contributed by atoms with E-state index in [1.54, 1.807) is 24.3 Å². The van der Waals surface area contributed by atoms with Gasteiger partial charge in [-0.2, -0.15) is 5.10 Å². The summed E-state index contributed by atoms with van der Waals surface area (Å²) in [4.78, 5) is 23.7. The first-order valence-corrected chi connectivity index (χ1v) is 7.09. The Labute approximate surface area is 138 Å². The van der Waals surface area contributed by atoms with Crippen LogP contribution >= 0.6 is 0 Å². The lowest BCUT2D eigenvalue weighted by Gasteiger charge is -2.08. The van der Waals surface area contributed by atoms with Gasteiger partial charge in [0.2, 0.25) is 0 Å². The summed E-state index contributed by atoms with van der Waals surface area (Å²) in [6, 6.07) is 12.3. The van der Waals surface area contributed by atoms with E-state index in [1.807, 2.05) is 0 Å². The van der Waals surface area contributed by atoms with E-state index >= 15 is 0 Å². The number of benzene rings is 2. The fourth-order valence-corrected chi connectivity index (χ4v) is 1.86. The van der Waals surface area contributed by atoms with Gasteiger partial charge in [0.1, 0.15) is 11.6 Å². The number of carbonyl (C=O) groups excluding carboxylic acids is 2. The van der Waals surface area contributed by atoms with E-state index in [2.05, 4.69) is 15.8 Å². The molecule has 2 N–H and O–H groups in total. The van der Waals surface area contributed by atoms with E-state index < -0.39 is 11.8 Å². The molecule has 0 bridgehead atoms. The highest BCUT2D eigenvalue weighted by Crippen LogP contribution is 2.16. The van der Waals surface area contributed by atoms with Gasteiger partial charge >= 0.3 is 0 Å². The monoisotopic (exact) mass is 329 g/mol. The molecule has 0 spiro atoms.